The summed E-state index contributed by atoms with van der Waals surface area (Å²) < 4.78 is 10.0. The van der Waals surface area contributed by atoms with Crippen molar-refractivity contribution < 1.29 is 23.9 Å². The summed E-state index contributed by atoms with van der Waals surface area (Å²) in [6, 6.07) is 11.8. The van der Waals surface area contributed by atoms with Gasteiger partial charge < -0.3 is 9.47 Å². The molecular formula is C21H17ClN2O5S2. The van der Waals surface area contributed by atoms with Crippen LogP contribution in [0.3, 0.4) is 0 Å². The second kappa shape index (κ2) is 9.95. The Morgan fingerprint density at radius 1 is 1.23 bits per heavy atom. The third kappa shape index (κ3) is 5.63. The smallest absolute Gasteiger partial charge is 0.343 e. The minimum absolute atomic E-state index is 0.195. The molecule has 1 heterocycles. The lowest BCUT2D eigenvalue weighted by Crippen LogP contribution is -2.44. The molecule has 7 nitrogen and oxygen atoms in total. The number of esters is 1. The van der Waals surface area contributed by atoms with E-state index in [1.165, 1.54) is 7.11 Å². The summed E-state index contributed by atoms with van der Waals surface area (Å²) in [6.45, 7) is 1.66. The van der Waals surface area contributed by atoms with Gasteiger partial charge in [0.2, 0.25) is 0 Å². The number of thiocarbonyl (C=S) groups is 1. The fraction of sp³-hybridized carbons (Fsp3) is 0.143. The SMILES string of the molecule is COC(=O)COc1ccc(/C=C2\SC(=S)N(NC(=O)c3ccc(C)cc3Cl)C2=O)cc1. The maximum atomic E-state index is 12.7. The van der Waals surface area contributed by atoms with Crippen molar-refractivity contribution in [2.45, 2.75) is 6.92 Å². The number of halogens is 1. The fourth-order valence-corrected chi connectivity index (χ4v) is 4.04. The van der Waals surface area contributed by atoms with Crippen LogP contribution in [0.2, 0.25) is 5.02 Å². The van der Waals surface area contributed by atoms with Crippen LogP contribution in [-0.4, -0.2) is 40.8 Å². The molecule has 2 amide bonds. The number of ether oxygens (including phenoxy) is 2. The van der Waals surface area contributed by atoms with Gasteiger partial charge in [0.15, 0.2) is 10.9 Å². The number of hydrogen-bond acceptors (Lipinski definition) is 7. The van der Waals surface area contributed by atoms with Crippen LogP contribution >= 0.6 is 35.6 Å². The Morgan fingerprint density at radius 2 is 1.94 bits per heavy atom. The molecule has 0 bridgehead atoms. The largest absolute Gasteiger partial charge is 0.482 e. The molecule has 1 saturated heterocycles. The van der Waals surface area contributed by atoms with E-state index >= 15 is 0 Å². The number of carbonyl (C=O) groups is 3. The number of nitrogens with zero attached hydrogens (tertiary/aromatic N) is 1. The van der Waals surface area contributed by atoms with Crippen molar-refractivity contribution >= 4 is 63.8 Å². The average Bonchev–Trinajstić information content (AvgIpc) is 3.00. The van der Waals surface area contributed by atoms with E-state index in [-0.39, 0.29) is 21.5 Å². The topological polar surface area (TPSA) is 84.9 Å². The molecular weight excluding hydrogens is 460 g/mol. The summed E-state index contributed by atoms with van der Waals surface area (Å²) in [4.78, 5) is 36.7. The summed E-state index contributed by atoms with van der Waals surface area (Å²) in [5.41, 5.74) is 4.38. The molecule has 3 rings (SSSR count). The van der Waals surface area contributed by atoms with E-state index in [0.29, 0.717) is 10.7 Å². The molecule has 0 atom stereocenters. The molecule has 2 aromatic carbocycles. The van der Waals surface area contributed by atoms with Gasteiger partial charge in [0.05, 0.1) is 22.6 Å². The van der Waals surface area contributed by atoms with Gasteiger partial charge in [-0.1, -0.05) is 41.6 Å². The Hall–Kier alpha value is -2.88. The van der Waals surface area contributed by atoms with Gasteiger partial charge >= 0.3 is 5.97 Å². The lowest BCUT2D eigenvalue weighted by Gasteiger charge is -2.16. The summed E-state index contributed by atoms with van der Waals surface area (Å²) in [7, 11) is 1.28. The van der Waals surface area contributed by atoms with E-state index < -0.39 is 17.8 Å². The molecule has 31 heavy (non-hydrogen) atoms. The van der Waals surface area contributed by atoms with Crippen molar-refractivity contribution in [3.05, 3.63) is 69.1 Å². The Kier molecular flexibility index (Phi) is 7.32. The predicted octanol–water partition coefficient (Wildman–Crippen LogP) is 3.75. The minimum atomic E-state index is -0.533. The number of methoxy groups -OCH3 is 1. The molecule has 1 aliphatic heterocycles. The lowest BCUT2D eigenvalue weighted by molar-refractivity contribution is -0.142. The van der Waals surface area contributed by atoms with Gasteiger partial charge in [-0.2, -0.15) is 5.01 Å². The highest BCUT2D eigenvalue weighted by atomic mass is 35.5. The Morgan fingerprint density at radius 3 is 2.58 bits per heavy atom. The Balaban J connectivity index is 1.68. The number of amides is 2. The first kappa shape index (κ1) is 22.8. The van der Waals surface area contributed by atoms with E-state index in [2.05, 4.69) is 10.2 Å². The third-order valence-electron chi connectivity index (χ3n) is 4.14. The normalized spacial score (nSPS) is 14.7. The molecule has 0 aromatic heterocycles. The quantitative estimate of drug-likeness (QED) is 0.386. The number of hydrogen-bond donors (Lipinski definition) is 1. The second-order valence-electron chi connectivity index (χ2n) is 6.38. The molecule has 1 aliphatic rings. The molecule has 10 heteroatoms. The van der Waals surface area contributed by atoms with Crippen molar-refractivity contribution in [3.8, 4) is 5.75 Å². The van der Waals surface area contributed by atoms with Crippen molar-refractivity contribution in [2.24, 2.45) is 0 Å². The van der Waals surface area contributed by atoms with Gasteiger partial charge in [0.25, 0.3) is 11.8 Å². The molecule has 0 aliphatic carbocycles. The number of nitrogens with one attached hydrogen (secondary N) is 1. The lowest BCUT2D eigenvalue weighted by atomic mass is 10.1. The highest BCUT2D eigenvalue weighted by Gasteiger charge is 2.34. The maximum absolute atomic E-state index is 12.7. The van der Waals surface area contributed by atoms with E-state index in [1.807, 2.05) is 6.92 Å². The summed E-state index contributed by atoms with van der Waals surface area (Å²) in [5, 5.41) is 1.31. The molecule has 0 unspecified atom stereocenters. The number of rotatable bonds is 6. The summed E-state index contributed by atoms with van der Waals surface area (Å²) in [6.07, 6.45) is 1.65. The van der Waals surface area contributed by atoms with Crippen molar-refractivity contribution in [1.82, 2.24) is 10.4 Å². The summed E-state index contributed by atoms with van der Waals surface area (Å²) in [5.74, 6) is -0.980. The zero-order chi connectivity index (χ0) is 22.5. The zero-order valence-corrected chi connectivity index (χ0v) is 18.9. The van der Waals surface area contributed by atoms with Crippen LogP contribution in [0.4, 0.5) is 0 Å². The van der Waals surface area contributed by atoms with Crippen LogP contribution < -0.4 is 10.2 Å². The van der Waals surface area contributed by atoms with Crippen molar-refractivity contribution in [2.75, 3.05) is 13.7 Å². The fourth-order valence-electron chi connectivity index (χ4n) is 2.54. The van der Waals surface area contributed by atoms with Crippen LogP contribution in [0.5, 0.6) is 5.75 Å². The van der Waals surface area contributed by atoms with Crippen molar-refractivity contribution in [1.29, 1.82) is 0 Å². The van der Waals surface area contributed by atoms with Gasteiger partial charge in [-0.05, 0) is 60.6 Å². The highest BCUT2D eigenvalue weighted by molar-refractivity contribution is 8.26. The molecule has 1 N–H and O–H groups in total. The first-order valence-corrected chi connectivity index (χ1v) is 10.5. The standard InChI is InChI=1S/C21H17ClN2O5S2/c1-12-3-8-15(16(22)9-12)19(26)23-24-20(27)17(31-21(24)30)10-13-4-6-14(7-5-13)29-11-18(25)28-2/h3-10H,11H2,1-2H3,(H,23,26)/b17-10-. The number of aryl methyl sites for hydroxylation is 1. The van der Waals surface area contributed by atoms with Crippen LogP contribution in [-0.2, 0) is 14.3 Å². The first-order valence-electron chi connectivity index (χ1n) is 8.93. The van der Waals surface area contributed by atoms with Gasteiger partial charge in [-0.3, -0.25) is 15.0 Å². The van der Waals surface area contributed by atoms with Crippen LogP contribution in [0, 0.1) is 6.92 Å². The van der Waals surface area contributed by atoms with Gasteiger partial charge in [-0.15, -0.1) is 0 Å². The van der Waals surface area contributed by atoms with E-state index in [9.17, 15) is 14.4 Å². The number of carbonyl (C=O) groups excluding carboxylic acids is 3. The zero-order valence-electron chi connectivity index (χ0n) is 16.5. The van der Waals surface area contributed by atoms with Gasteiger partial charge in [-0.25, -0.2) is 4.79 Å². The van der Waals surface area contributed by atoms with Gasteiger partial charge in [0.1, 0.15) is 5.75 Å². The molecule has 0 radical (unpaired) electrons. The van der Waals surface area contributed by atoms with Crippen LogP contribution in [0.25, 0.3) is 6.08 Å². The minimum Gasteiger partial charge on any atom is -0.482 e. The highest BCUT2D eigenvalue weighted by Crippen LogP contribution is 2.32. The molecule has 0 spiro atoms. The number of thioether (sulfide) groups is 1. The van der Waals surface area contributed by atoms with Crippen molar-refractivity contribution in [3.63, 3.8) is 0 Å². The van der Waals surface area contributed by atoms with Crippen LogP contribution in [0.15, 0.2) is 47.4 Å². The Labute approximate surface area is 193 Å². The first-order chi connectivity index (χ1) is 14.8. The second-order valence-corrected chi connectivity index (χ2v) is 8.46. The molecule has 1 fully saturated rings. The number of hydrazine groups is 1. The molecule has 2 aromatic rings. The summed E-state index contributed by atoms with van der Waals surface area (Å²) >= 11 is 12.4. The van der Waals surface area contributed by atoms with E-state index in [4.69, 9.17) is 28.6 Å². The van der Waals surface area contributed by atoms with Gasteiger partial charge in [0, 0.05) is 0 Å². The monoisotopic (exact) mass is 476 g/mol. The van der Waals surface area contributed by atoms with E-state index in [1.54, 1.807) is 48.5 Å². The van der Waals surface area contributed by atoms with E-state index in [0.717, 1.165) is 27.9 Å². The average molecular weight is 477 g/mol. The number of benzene rings is 2. The predicted molar refractivity (Wildman–Crippen MR) is 123 cm³/mol. The maximum Gasteiger partial charge on any atom is 0.343 e. The molecule has 160 valence electrons. The third-order valence-corrected chi connectivity index (χ3v) is 5.75. The molecule has 0 saturated carbocycles. The Bertz CT molecular complexity index is 1090. The van der Waals surface area contributed by atoms with Crippen LogP contribution in [0.1, 0.15) is 21.5 Å².